The van der Waals surface area contributed by atoms with Crippen molar-refractivity contribution >= 4 is 5.97 Å². The summed E-state index contributed by atoms with van der Waals surface area (Å²) in [4.78, 5) is 14.1. The Bertz CT molecular complexity index is 425. The summed E-state index contributed by atoms with van der Waals surface area (Å²) < 4.78 is 10.3. The number of rotatable bonds is 4. The van der Waals surface area contributed by atoms with Crippen LogP contribution >= 0.6 is 0 Å². The molecule has 0 spiro atoms. The zero-order valence-corrected chi connectivity index (χ0v) is 11.7. The molecule has 1 unspecified atom stereocenters. The molecule has 1 aliphatic rings. The minimum atomic E-state index is -0.234. The maximum Gasteiger partial charge on any atom is 0.324 e. The molecule has 0 bridgehead atoms. The molecule has 1 aliphatic heterocycles. The summed E-state index contributed by atoms with van der Waals surface area (Å²) in [5.74, 6) is 0.653. The molecule has 1 fully saturated rings. The van der Waals surface area contributed by atoms with E-state index in [0.29, 0.717) is 19.7 Å². The molecule has 0 amide bonds. The lowest BCUT2D eigenvalue weighted by atomic mass is 10.1. The second kappa shape index (κ2) is 6.16. The Morgan fingerprint density at radius 3 is 3.00 bits per heavy atom. The van der Waals surface area contributed by atoms with Gasteiger partial charge in [0.1, 0.15) is 11.8 Å². The molecular formula is C13H21N3O3. The number of nitrogens with zero attached hydrogens (tertiary/aromatic N) is 2. The molecule has 1 aromatic rings. The van der Waals surface area contributed by atoms with Crippen molar-refractivity contribution in [1.82, 2.24) is 15.4 Å². The van der Waals surface area contributed by atoms with Crippen molar-refractivity contribution in [2.45, 2.75) is 33.4 Å². The topological polar surface area (TPSA) is 67.6 Å². The second-order valence-electron chi connectivity index (χ2n) is 4.75. The number of piperazine rings is 1. The summed E-state index contributed by atoms with van der Waals surface area (Å²) in [6.07, 6.45) is 0. The highest BCUT2D eigenvalue weighted by Gasteiger charge is 2.30. The Morgan fingerprint density at radius 1 is 1.58 bits per heavy atom. The summed E-state index contributed by atoms with van der Waals surface area (Å²) >= 11 is 0. The standard InChI is InChI=1S/C13H21N3O3/c1-4-18-13(17)12-7-14-5-6-16(12)8-11-9(2)15-19-10(11)3/h12,14H,4-8H2,1-3H3. The van der Waals surface area contributed by atoms with E-state index in [1.165, 1.54) is 0 Å². The van der Waals surface area contributed by atoms with E-state index < -0.39 is 0 Å². The maximum absolute atomic E-state index is 12.0. The van der Waals surface area contributed by atoms with Gasteiger partial charge in [0.2, 0.25) is 0 Å². The quantitative estimate of drug-likeness (QED) is 0.807. The lowest BCUT2D eigenvalue weighted by molar-refractivity contribution is -0.150. The summed E-state index contributed by atoms with van der Waals surface area (Å²) in [6, 6.07) is -0.234. The van der Waals surface area contributed by atoms with Gasteiger partial charge in [-0.25, -0.2) is 0 Å². The molecule has 6 nitrogen and oxygen atoms in total. The Kier molecular flexibility index (Phi) is 4.55. The van der Waals surface area contributed by atoms with Crippen LogP contribution in [-0.2, 0) is 16.1 Å². The Labute approximate surface area is 113 Å². The predicted octanol–water partition coefficient (Wildman–Crippen LogP) is 0.628. The predicted molar refractivity (Wildman–Crippen MR) is 69.7 cm³/mol. The van der Waals surface area contributed by atoms with Crippen LogP contribution in [0.15, 0.2) is 4.52 Å². The third-order valence-corrected chi connectivity index (χ3v) is 3.46. The lowest BCUT2D eigenvalue weighted by Gasteiger charge is -2.34. The number of aryl methyl sites for hydroxylation is 2. The van der Waals surface area contributed by atoms with Gasteiger partial charge in [0, 0.05) is 31.7 Å². The van der Waals surface area contributed by atoms with E-state index in [1.54, 1.807) is 0 Å². The first kappa shape index (κ1) is 14.0. The monoisotopic (exact) mass is 267 g/mol. The van der Waals surface area contributed by atoms with Gasteiger partial charge in [0.25, 0.3) is 0 Å². The molecule has 0 radical (unpaired) electrons. The van der Waals surface area contributed by atoms with Crippen LogP contribution in [0.2, 0.25) is 0 Å². The van der Waals surface area contributed by atoms with Crippen molar-refractivity contribution in [3.8, 4) is 0 Å². The van der Waals surface area contributed by atoms with E-state index in [2.05, 4.69) is 15.4 Å². The number of carbonyl (C=O) groups excluding carboxylic acids is 1. The molecule has 19 heavy (non-hydrogen) atoms. The average Bonchev–Trinajstić information content (AvgIpc) is 2.71. The molecule has 1 N–H and O–H groups in total. The van der Waals surface area contributed by atoms with E-state index in [0.717, 1.165) is 30.1 Å². The van der Waals surface area contributed by atoms with Gasteiger partial charge in [-0.2, -0.15) is 0 Å². The summed E-state index contributed by atoms with van der Waals surface area (Å²) in [5.41, 5.74) is 1.95. The van der Waals surface area contributed by atoms with Gasteiger partial charge in [-0.3, -0.25) is 9.69 Å². The molecule has 1 saturated heterocycles. The fourth-order valence-corrected chi connectivity index (χ4v) is 2.34. The third kappa shape index (κ3) is 3.13. The van der Waals surface area contributed by atoms with Crippen molar-refractivity contribution in [1.29, 1.82) is 0 Å². The SMILES string of the molecule is CCOC(=O)C1CNCCN1Cc1c(C)noc1C. The van der Waals surface area contributed by atoms with Crippen LogP contribution in [0, 0.1) is 13.8 Å². The van der Waals surface area contributed by atoms with E-state index in [4.69, 9.17) is 9.26 Å². The number of nitrogens with one attached hydrogen (secondary N) is 1. The summed E-state index contributed by atoms with van der Waals surface area (Å²) in [7, 11) is 0. The molecule has 0 saturated carbocycles. The summed E-state index contributed by atoms with van der Waals surface area (Å²) in [6.45, 7) is 9.05. The average molecular weight is 267 g/mol. The van der Waals surface area contributed by atoms with Crippen molar-refractivity contribution in [3.63, 3.8) is 0 Å². The molecule has 2 heterocycles. The van der Waals surface area contributed by atoms with E-state index >= 15 is 0 Å². The minimum absolute atomic E-state index is 0.165. The fourth-order valence-electron chi connectivity index (χ4n) is 2.34. The number of ether oxygens (including phenoxy) is 1. The molecule has 0 aromatic carbocycles. The van der Waals surface area contributed by atoms with Crippen LogP contribution in [0.4, 0.5) is 0 Å². The normalized spacial score (nSPS) is 20.5. The van der Waals surface area contributed by atoms with Crippen molar-refractivity contribution in [2.24, 2.45) is 0 Å². The first-order valence-corrected chi connectivity index (χ1v) is 6.66. The Balaban J connectivity index is 2.10. The van der Waals surface area contributed by atoms with Crippen LogP contribution in [0.1, 0.15) is 23.9 Å². The van der Waals surface area contributed by atoms with Gasteiger partial charge in [-0.15, -0.1) is 0 Å². The van der Waals surface area contributed by atoms with Gasteiger partial charge in [0.05, 0.1) is 12.3 Å². The summed E-state index contributed by atoms with van der Waals surface area (Å²) in [5, 5.41) is 7.19. The van der Waals surface area contributed by atoms with Gasteiger partial charge in [-0.05, 0) is 20.8 Å². The van der Waals surface area contributed by atoms with Crippen molar-refractivity contribution < 1.29 is 14.1 Å². The Morgan fingerprint density at radius 2 is 2.37 bits per heavy atom. The molecular weight excluding hydrogens is 246 g/mol. The highest BCUT2D eigenvalue weighted by molar-refractivity contribution is 5.76. The van der Waals surface area contributed by atoms with Crippen LogP contribution in [-0.4, -0.2) is 48.3 Å². The van der Waals surface area contributed by atoms with Crippen molar-refractivity contribution in [2.75, 3.05) is 26.2 Å². The van der Waals surface area contributed by atoms with Crippen LogP contribution < -0.4 is 5.32 Å². The van der Waals surface area contributed by atoms with E-state index in [-0.39, 0.29) is 12.0 Å². The number of hydrogen-bond donors (Lipinski definition) is 1. The molecule has 2 rings (SSSR count). The maximum atomic E-state index is 12.0. The highest BCUT2D eigenvalue weighted by atomic mass is 16.5. The van der Waals surface area contributed by atoms with Gasteiger partial charge >= 0.3 is 5.97 Å². The molecule has 6 heteroatoms. The highest BCUT2D eigenvalue weighted by Crippen LogP contribution is 2.17. The zero-order valence-electron chi connectivity index (χ0n) is 11.7. The molecule has 1 atom stereocenters. The number of esters is 1. The Hall–Kier alpha value is -1.40. The van der Waals surface area contributed by atoms with Gasteiger partial charge < -0.3 is 14.6 Å². The van der Waals surface area contributed by atoms with Crippen molar-refractivity contribution in [3.05, 3.63) is 17.0 Å². The van der Waals surface area contributed by atoms with E-state index in [9.17, 15) is 4.79 Å². The van der Waals surface area contributed by atoms with Crippen LogP contribution in [0.25, 0.3) is 0 Å². The van der Waals surface area contributed by atoms with Gasteiger partial charge in [-0.1, -0.05) is 5.16 Å². The van der Waals surface area contributed by atoms with Crippen LogP contribution in [0.3, 0.4) is 0 Å². The zero-order chi connectivity index (χ0) is 13.8. The first-order chi connectivity index (χ1) is 9.13. The van der Waals surface area contributed by atoms with Gasteiger partial charge in [0.15, 0.2) is 0 Å². The number of carbonyl (C=O) groups is 1. The lowest BCUT2D eigenvalue weighted by Crippen LogP contribution is -2.54. The minimum Gasteiger partial charge on any atom is -0.465 e. The van der Waals surface area contributed by atoms with Crippen LogP contribution in [0.5, 0.6) is 0 Å². The molecule has 1 aromatic heterocycles. The molecule has 106 valence electrons. The second-order valence-corrected chi connectivity index (χ2v) is 4.75. The van der Waals surface area contributed by atoms with E-state index in [1.807, 2.05) is 20.8 Å². The number of hydrogen-bond acceptors (Lipinski definition) is 6. The smallest absolute Gasteiger partial charge is 0.324 e. The fraction of sp³-hybridized carbons (Fsp3) is 0.692. The number of aromatic nitrogens is 1. The molecule has 0 aliphatic carbocycles. The largest absolute Gasteiger partial charge is 0.465 e. The third-order valence-electron chi connectivity index (χ3n) is 3.46. The first-order valence-electron chi connectivity index (χ1n) is 6.66.